The number of rotatable bonds is 16. The van der Waals surface area contributed by atoms with E-state index in [0.717, 1.165) is 57.3 Å². The predicted molar refractivity (Wildman–Crippen MR) is 101 cm³/mol. The van der Waals surface area contributed by atoms with Gasteiger partial charge in [-0.2, -0.15) is 0 Å². The molecule has 25 heavy (non-hydrogen) atoms. The lowest BCUT2D eigenvalue weighted by Crippen LogP contribution is -2.18. The largest absolute Gasteiger partial charge is 0.475 e. The van der Waals surface area contributed by atoms with Crippen molar-refractivity contribution < 1.29 is 18.9 Å². The topological polar surface area (TPSA) is 36.9 Å². The van der Waals surface area contributed by atoms with Gasteiger partial charge in [0.15, 0.2) is 13.1 Å². The molecule has 0 aliphatic heterocycles. The molecule has 4 nitrogen and oxygen atoms in total. The third-order valence-corrected chi connectivity index (χ3v) is 3.63. The number of hydrogen-bond acceptors (Lipinski definition) is 4. The Kier molecular flexibility index (Phi) is 14.0. The molecule has 0 fully saturated rings. The van der Waals surface area contributed by atoms with Gasteiger partial charge in [0.05, 0.1) is 12.9 Å². The second kappa shape index (κ2) is 16.1. The van der Waals surface area contributed by atoms with Crippen molar-refractivity contribution in [3.05, 3.63) is 48.2 Å². The maximum absolute atomic E-state index is 5.80. The Morgan fingerprint density at radius 1 is 0.960 bits per heavy atom. The smallest absolute Gasteiger partial charge is 0.188 e. The summed E-state index contributed by atoms with van der Waals surface area (Å²) < 4.78 is 22.4. The lowest BCUT2D eigenvalue weighted by molar-refractivity contribution is -0.146. The van der Waals surface area contributed by atoms with Gasteiger partial charge in [-0.1, -0.05) is 57.0 Å². The van der Waals surface area contributed by atoms with Crippen LogP contribution in [0.15, 0.2) is 42.7 Å². The van der Waals surface area contributed by atoms with E-state index in [2.05, 4.69) is 13.8 Å². The van der Waals surface area contributed by atoms with Gasteiger partial charge in [0.2, 0.25) is 0 Å². The Morgan fingerprint density at radius 3 is 2.28 bits per heavy atom. The standard InChI is InChI=1S/C21H34O4/c1-3-5-16-24-21(25-17-6-4-2)14-10-11-15-22-19-23-18-20-12-8-7-9-13-20/h7-9,11-13,15,21H,3-6,10,14,16-19H2,1-2H3. The van der Waals surface area contributed by atoms with Crippen LogP contribution < -0.4 is 0 Å². The predicted octanol–water partition coefficient (Wildman–Crippen LogP) is 5.43. The molecule has 0 spiro atoms. The molecule has 0 N–H and O–H groups in total. The first-order valence-corrected chi connectivity index (χ1v) is 9.48. The SMILES string of the molecule is CCCCOC(CCC=COCOCc1ccccc1)OCCCC. The summed E-state index contributed by atoms with van der Waals surface area (Å²) in [5, 5.41) is 0. The molecule has 0 radical (unpaired) electrons. The van der Waals surface area contributed by atoms with Crippen molar-refractivity contribution in [3.63, 3.8) is 0 Å². The maximum atomic E-state index is 5.80. The van der Waals surface area contributed by atoms with Crippen molar-refractivity contribution in [3.8, 4) is 0 Å². The van der Waals surface area contributed by atoms with Crippen LogP contribution in [-0.2, 0) is 25.6 Å². The van der Waals surface area contributed by atoms with E-state index in [-0.39, 0.29) is 13.1 Å². The van der Waals surface area contributed by atoms with Crippen LogP contribution in [-0.4, -0.2) is 26.3 Å². The molecule has 1 aromatic carbocycles. The van der Waals surface area contributed by atoms with E-state index in [1.807, 2.05) is 36.4 Å². The summed E-state index contributed by atoms with van der Waals surface area (Å²) >= 11 is 0. The molecule has 0 heterocycles. The minimum absolute atomic E-state index is 0.114. The van der Waals surface area contributed by atoms with Gasteiger partial charge in [-0.25, -0.2) is 0 Å². The molecule has 1 aromatic rings. The minimum Gasteiger partial charge on any atom is -0.475 e. The molecule has 0 saturated carbocycles. The van der Waals surface area contributed by atoms with E-state index in [1.54, 1.807) is 6.26 Å². The maximum Gasteiger partial charge on any atom is 0.188 e. The summed E-state index contributed by atoms with van der Waals surface area (Å²) in [7, 11) is 0. The van der Waals surface area contributed by atoms with Crippen molar-refractivity contribution in [2.75, 3.05) is 20.0 Å². The van der Waals surface area contributed by atoms with Crippen LogP contribution in [0, 0.1) is 0 Å². The summed E-state index contributed by atoms with van der Waals surface area (Å²) in [5.41, 5.74) is 1.14. The van der Waals surface area contributed by atoms with Crippen molar-refractivity contribution >= 4 is 0 Å². The summed E-state index contributed by atoms with van der Waals surface area (Å²) in [5.74, 6) is 0. The molecular weight excluding hydrogens is 316 g/mol. The fourth-order valence-corrected chi connectivity index (χ4v) is 2.12. The van der Waals surface area contributed by atoms with E-state index < -0.39 is 0 Å². The lowest BCUT2D eigenvalue weighted by Gasteiger charge is -2.17. The quantitative estimate of drug-likeness (QED) is 0.226. The molecule has 4 heteroatoms. The highest BCUT2D eigenvalue weighted by atomic mass is 16.7. The second-order valence-electron chi connectivity index (χ2n) is 5.95. The zero-order valence-corrected chi connectivity index (χ0v) is 15.8. The first kappa shape index (κ1) is 21.7. The summed E-state index contributed by atoms with van der Waals surface area (Å²) in [6, 6.07) is 10.1. The van der Waals surface area contributed by atoms with Gasteiger partial charge in [-0.3, -0.25) is 0 Å². The van der Waals surface area contributed by atoms with Crippen LogP contribution in [0.3, 0.4) is 0 Å². The fraction of sp³-hybridized carbons (Fsp3) is 0.619. The monoisotopic (exact) mass is 350 g/mol. The zero-order valence-electron chi connectivity index (χ0n) is 15.8. The molecule has 0 atom stereocenters. The van der Waals surface area contributed by atoms with E-state index in [9.17, 15) is 0 Å². The molecule has 0 aliphatic rings. The van der Waals surface area contributed by atoms with Gasteiger partial charge in [-0.15, -0.1) is 0 Å². The van der Waals surface area contributed by atoms with Crippen molar-refractivity contribution in [2.45, 2.75) is 65.3 Å². The van der Waals surface area contributed by atoms with Crippen molar-refractivity contribution in [2.24, 2.45) is 0 Å². The Balaban J connectivity index is 2.08. The summed E-state index contributed by atoms with van der Waals surface area (Å²) in [6.07, 6.45) is 9.70. The van der Waals surface area contributed by atoms with Gasteiger partial charge in [0.25, 0.3) is 0 Å². The van der Waals surface area contributed by atoms with E-state index in [1.165, 1.54) is 0 Å². The highest BCUT2D eigenvalue weighted by Crippen LogP contribution is 2.08. The van der Waals surface area contributed by atoms with Gasteiger partial charge in [0.1, 0.15) is 0 Å². The van der Waals surface area contributed by atoms with Crippen molar-refractivity contribution in [1.82, 2.24) is 0 Å². The highest BCUT2D eigenvalue weighted by molar-refractivity contribution is 5.13. The van der Waals surface area contributed by atoms with Gasteiger partial charge < -0.3 is 18.9 Å². The molecule has 0 amide bonds. The Morgan fingerprint density at radius 2 is 1.64 bits per heavy atom. The molecule has 1 rings (SSSR count). The van der Waals surface area contributed by atoms with Crippen molar-refractivity contribution in [1.29, 1.82) is 0 Å². The first-order chi connectivity index (χ1) is 12.4. The van der Waals surface area contributed by atoms with E-state index in [0.29, 0.717) is 6.61 Å². The van der Waals surface area contributed by atoms with Crippen LogP contribution in [0.1, 0.15) is 57.9 Å². The Hall–Kier alpha value is -1.36. The molecule has 0 saturated heterocycles. The summed E-state index contributed by atoms with van der Waals surface area (Å²) in [4.78, 5) is 0. The van der Waals surface area contributed by atoms with E-state index >= 15 is 0 Å². The number of unbranched alkanes of at least 4 members (excludes halogenated alkanes) is 2. The number of benzene rings is 1. The minimum atomic E-state index is -0.114. The fourth-order valence-electron chi connectivity index (χ4n) is 2.12. The zero-order chi connectivity index (χ0) is 18.0. The van der Waals surface area contributed by atoms with E-state index in [4.69, 9.17) is 18.9 Å². The molecule has 0 aromatic heterocycles. The number of hydrogen-bond donors (Lipinski definition) is 0. The molecule has 0 unspecified atom stereocenters. The van der Waals surface area contributed by atoms with Crippen LogP contribution in [0.25, 0.3) is 0 Å². The van der Waals surface area contributed by atoms with Crippen LogP contribution in [0.5, 0.6) is 0 Å². The lowest BCUT2D eigenvalue weighted by atomic mass is 10.2. The highest BCUT2D eigenvalue weighted by Gasteiger charge is 2.07. The third kappa shape index (κ3) is 12.6. The summed E-state index contributed by atoms with van der Waals surface area (Å²) in [6.45, 7) is 6.68. The normalized spacial score (nSPS) is 11.5. The Labute approximate surface area is 153 Å². The first-order valence-electron chi connectivity index (χ1n) is 9.48. The van der Waals surface area contributed by atoms with Gasteiger partial charge in [0, 0.05) is 19.6 Å². The van der Waals surface area contributed by atoms with Gasteiger partial charge >= 0.3 is 0 Å². The van der Waals surface area contributed by atoms with Crippen LogP contribution >= 0.6 is 0 Å². The average molecular weight is 350 g/mol. The molecule has 142 valence electrons. The second-order valence-corrected chi connectivity index (χ2v) is 5.95. The van der Waals surface area contributed by atoms with Crippen LogP contribution in [0.4, 0.5) is 0 Å². The number of allylic oxidation sites excluding steroid dienone is 1. The van der Waals surface area contributed by atoms with Crippen LogP contribution in [0.2, 0.25) is 0 Å². The molecule has 0 aliphatic carbocycles. The molecular formula is C21H34O4. The molecule has 0 bridgehead atoms. The van der Waals surface area contributed by atoms with Gasteiger partial charge in [-0.05, 0) is 30.9 Å². The third-order valence-electron chi connectivity index (χ3n) is 3.63. The Bertz CT molecular complexity index is 409. The number of ether oxygens (including phenoxy) is 4. The average Bonchev–Trinajstić information content (AvgIpc) is 2.64.